The lowest BCUT2D eigenvalue weighted by atomic mass is 10.2. The molecule has 2 aromatic rings. The molecule has 0 aliphatic rings. The van der Waals surface area contributed by atoms with Gasteiger partial charge >= 0.3 is 0 Å². The Morgan fingerprint density at radius 1 is 1.41 bits per heavy atom. The van der Waals surface area contributed by atoms with E-state index in [1.807, 2.05) is 19.9 Å². The van der Waals surface area contributed by atoms with E-state index in [-0.39, 0.29) is 23.8 Å². The smallest absolute Gasteiger partial charge is 0.296 e. The summed E-state index contributed by atoms with van der Waals surface area (Å²) in [6.07, 6.45) is 0. The van der Waals surface area contributed by atoms with Crippen LogP contribution in [-0.4, -0.2) is 27.7 Å². The molecule has 8 nitrogen and oxygen atoms in total. The monoisotopic (exact) mass is 304 g/mol. The third kappa shape index (κ3) is 3.40. The maximum Gasteiger partial charge on any atom is 0.296 e. The van der Waals surface area contributed by atoms with Gasteiger partial charge in [0, 0.05) is 5.69 Å². The second-order valence-electron chi connectivity index (χ2n) is 4.77. The zero-order chi connectivity index (χ0) is 16.3. The fourth-order valence-corrected chi connectivity index (χ4v) is 2.06. The summed E-state index contributed by atoms with van der Waals surface area (Å²) in [5.41, 5.74) is 1.55. The molecule has 1 aromatic heterocycles. The molecule has 0 saturated heterocycles. The Morgan fingerprint density at radius 3 is 2.68 bits per heavy atom. The number of methoxy groups -OCH3 is 1. The van der Waals surface area contributed by atoms with Crippen LogP contribution in [0.25, 0.3) is 0 Å². The maximum atomic E-state index is 12.0. The van der Waals surface area contributed by atoms with Crippen molar-refractivity contribution in [2.45, 2.75) is 20.4 Å². The normalized spacial score (nSPS) is 10.3. The second kappa shape index (κ2) is 6.25. The van der Waals surface area contributed by atoms with Gasteiger partial charge in [0.2, 0.25) is 5.91 Å². The molecule has 1 N–H and O–H groups in total. The number of carbonyl (C=O) groups is 1. The Morgan fingerprint density at radius 2 is 2.14 bits per heavy atom. The summed E-state index contributed by atoms with van der Waals surface area (Å²) < 4.78 is 6.49. The number of nitro groups is 1. The first-order valence-electron chi connectivity index (χ1n) is 6.54. The van der Waals surface area contributed by atoms with Crippen molar-refractivity contribution in [2.24, 2.45) is 0 Å². The first-order valence-corrected chi connectivity index (χ1v) is 6.54. The first kappa shape index (κ1) is 15.5. The molecule has 1 heterocycles. The van der Waals surface area contributed by atoms with E-state index in [0.29, 0.717) is 5.75 Å². The van der Waals surface area contributed by atoms with Gasteiger partial charge in [-0.15, -0.1) is 0 Å². The van der Waals surface area contributed by atoms with E-state index in [2.05, 4.69) is 10.4 Å². The van der Waals surface area contributed by atoms with Crippen molar-refractivity contribution in [3.05, 3.63) is 45.8 Å². The molecule has 0 aliphatic carbocycles. The molecule has 0 unspecified atom stereocenters. The van der Waals surface area contributed by atoms with E-state index in [1.54, 1.807) is 10.7 Å². The fourth-order valence-electron chi connectivity index (χ4n) is 2.06. The van der Waals surface area contributed by atoms with E-state index >= 15 is 0 Å². The van der Waals surface area contributed by atoms with Crippen LogP contribution in [0, 0.1) is 24.0 Å². The largest absolute Gasteiger partial charge is 0.496 e. The van der Waals surface area contributed by atoms with Crippen molar-refractivity contribution in [1.82, 2.24) is 9.78 Å². The summed E-state index contributed by atoms with van der Waals surface area (Å²) in [5, 5.41) is 17.8. The number of nitrogens with one attached hydrogen (secondary N) is 1. The minimum absolute atomic E-state index is 0.0111. The first-order chi connectivity index (χ1) is 10.4. The van der Waals surface area contributed by atoms with Crippen molar-refractivity contribution in [3.8, 4) is 5.75 Å². The summed E-state index contributed by atoms with van der Waals surface area (Å²) >= 11 is 0. The predicted octanol–water partition coefficient (Wildman–Crippen LogP) is 2.06. The van der Waals surface area contributed by atoms with Crippen LogP contribution in [0.5, 0.6) is 5.75 Å². The highest BCUT2D eigenvalue weighted by atomic mass is 16.6. The number of nitro benzene ring substituents is 1. The molecular weight excluding hydrogens is 288 g/mol. The van der Waals surface area contributed by atoms with E-state index < -0.39 is 4.92 Å². The number of aromatic nitrogens is 2. The quantitative estimate of drug-likeness (QED) is 0.673. The third-order valence-corrected chi connectivity index (χ3v) is 3.07. The number of nitrogens with zero attached hydrogens (tertiary/aromatic N) is 3. The van der Waals surface area contributed by atoms with Crippen LogP contribution < -0.4 is 10.1 Å². The van der Waals surface area contributed by atoms with Crippen LogP contribution in [0.1, 0.15) is 11.4 Å². The topological polar surface area (TPSA) is 99.3 Å². The molecule has 0 fully saturated rings. The van der Waals surface area contributed by atoms with Gasteiger partial charge in [-0.05, 0) is 32.0 Å². The van der Waals surface area contributed by atoms with Crippen LogP contribution in [0.2, 0.25) is 0 Å². The number of hydrogen-bond donors (Lipinski definition) is 1. The number of rotatable bonds is 5. The van der Waals surface area contributed by atoms with Gasteiger partial charge in [0.05, 0.1) is 23.8 Å². The summed E-state index contributed by atoms with van der Waals surface area (Å²) in [7, 11) is 1.42. The zero-order valence-electron chi connectivity index (χ0n) is 12.5. The van der Waals surface area contributed by atoms with Gasteiger partial charge in [-0.25, -0.2) is 0 Å². The number of anilines is 1. The number of ether oxygens (including phenoxy) is 1. The summed E-state index contributed by atoms with van der Waals surface area (Å²) in [6, 6.07) is 6.10. The lowest BCUT2D eigenvalue weighted by Gasteiger charge is -2.08. The van der Waals surface area contributed by atoms with Gasteiger partial charge in [-0.3, -0.25) is 19.6 Å². The van der Waals surface area contributed by atoms with Crippen LogP contribution in [0.4, 0.5) is 11.4 Å². The van der Waals surface area contributed by atoms with Gasteiger partial charge in [0.25, 0.3) is 5.69 Å². The van der Waals surface area contributed by atoms with Crippen molar-refractivity contribution in [2.75, 3.05) is 12.4 Å². The number of benzene rings is 1. The van der Waals surface area contributed by atoms with E-state index in [9.17, 15) is 14.9 Å². The molecule has 116 valence electrons. The second-order valence-corrected chi connectivity index (χ2v) is 4.77. The van der Waals surface area contributed by atoms with Gasteiger partial charge in [0.15, 0.2) is 0 Å². The molecule has 2 rings (SSSR count). The van der Waals surface area contributed by atoms with Crippen LogP contribution in [-0.2, 0) is 11.3 Å². The van der Waals surface area contributed by atoms with Gasteiger partial charge < -0.3 is 10.1 Å². The highest BCUT2D eigenvalue weighted by Gasteiger charge is 2.17. The Kier molecular flexibility index (Phi) is 4.40. The van der Waals surface area contributed by atoms with Gasteiger partial charge in [-0.1, -0.05) is 0 Å². The summed E-state index contributed by atoms with van der Waals surface area (Å²) in [4.78, 5) is 22.5. The molecule has 0 spiro atoms. The van der Waals surface area contributed by atoms with E-state index in [0.717, 1.165) is 11.4 Å². The van der Waals surface area contributed by atoms with Crippen LogP contribution in [0.3, 0.4) is 0 Å². The number of carbonyl (C=O) groups excluding carboxylic acids is 1. The molecule has 8 heteroatoms. The Balaban J connectivity index is 2.17. The van der Waals surface area contributed by atoms with Crippen molar-refractivity contribution in [1.29, 1.82) is 0 Å². The third-order valence-electron chi connectivity index (χ3n) is 3.07. The maximum absolute atomic E-state index is 12.0. The average Bonchev–Trinajstić information content (AvgIpc) is 2.76. The molecule has 1 amide bonds. The molecule has 0 atom stereocenters. The van der Waals surface area contributed by atoms with Gasteiger partial charge in [0.1, 0.15) is 18.0 Å². The molecule has 1 aromatic carbocycles. The predicted molar refractivity (Wildman–Crippen MR) is 80.0 cm³/mol. The Labute approximate surface area is 126 Å². The highest BCUT2D eigenvalue weighted by molar-refractivity contribution is 5.93. The van der Waals surface area contributed by atoms with Crippen molar-refractivity contribution in [3.63, 3.8) is 0 Å². The highest BCUT2D eigenvalue weighted by Crippen LogP contribution is 2.28. The lowest BCUT2D eigenvalue weighted by molar-refractivity contribution is -0.384. The van der Waals surface area contributed by atoms with Crippen molar-refractivity contribution >= 4 is 17.3 Å². The zero-order valence-corrected chi connectivity index (χ0v) is 12.5. The number of amides is 1. The molecule has 0 saturated carbocycles. The van der Waals surface area contributed by atoms with Gasteiger partial charge in [-0.2, -0.15) is 5.10 Å². The minimum Gasteiger partial charge on any atom is -0.496 e. The van der Waals surface area contributed by atoms with Crippen molar-refractivity contribution < 1.29 is 14.5 Å². The summed E-state index contributed by atoms with van der Waals surface area (Å²) in [6.45, 7) is 3.65. The average molecular weight is 304 g/mol. The lowest BCUT2D eigenvalue weighted by Crippen LogP contribution is -2.20. The van der Waals surface area contributed by atoms with E-state index in [1.165, 1.54) is 19.2 Å². The minimum atomic E-state index is -0.568. The number of hydrogen-bond acceptors (Lipinski definition) is 5. The molecule has 22 heavy (non-hydrogen) atoms. The van der Waals surface area contributed by atoms with Crippen LogP contribution >= 0.6 is 0 Å². The number of aryl methyl sites for hydroxylation is 2. The molecule has 0 radical (unpaired) electrons. The fraction of sp³-hybridized carbons (Fsp3) is 0.286. The molecular formula is C14H16N4O4. The molecule has 0 aliphatic heterocycles. The summed E-state index contributed by atoms with van der Waals surface area (Å²) in [5.74, 6) is -0.0392. The Hall–Kier alpha value is -2.90. The van der Waals surface area contributed by atoms with Crippen LogP contribution in [0.15, 0.2) is 24.3 Å². The molecule has 0 bridgehead atoms. The SMILES string of the molecule is COc1ccc(NC(=O)Cn2nc(C)cc2C)c([N+](=O)[O-])c1. The van der Waals surface area contributed by atoms with E-state index in [4.69, 9.17) is 4.74 Å². The Bertz CT molecular complexity index is 724. The standard InChI is InChI=1S/C14H16N4O4/c1-9-6-10(2)17(16-9)8-14(19)15-12-5-4-11(22-3)7-13(12)18(20)21/h4-7H,8H2,1-3H3,(H,15,19).